The van der Waals surface area contributed by atoms with Crippen LogP contribution in [0.5, 0.6) is 0 Å². The molecule has 0 aliphatic heterocycles. The van der Waals surface area contributed by atoms with Gasteiger partial charge in [0.15, 0.2) is 0 Å². The van der Waals surface area contributed by atoms with Crippen LogP contribution in [0.3, 0.4) is 0 Å². The van der Waals surface area contributed by atoms with Crippen LogP contribution in [0.2, 0.25) is 0 Å². The van der Waals surface area contributed by atoms with Gasteiger partial charge in [-0.15, -0.1) is 0 Å². The highest BCUT2D eigenvalue weighted by atomic mass is 16.3. The standard InChI is InChI=1S/C13H16N2O5/c16-6-1-2-7-8(5-6)11(18)12(19)10(7)15-4-3-9(17)14-13(15)20/h2-4,6,8,10-12,16,18-19H,1,5H2,(H,14,17,20)/t6-,8+,10-,11-,12+/m1/s1. The van der Waals surface area contributed by atoms with Crippen molar-refractivity contribution in [3.63, 3.8) is 0 Å². The lowest BCUT2D eigenvalue weighted by Gasteiger charge is -2.25. The Morgan fingerprint density at radius 1 is 1.20 bits per heavy atom. The number of aliphatic hydroxyl groups excluding tert-OH is 3. The molecule has 20 heavy (non-hydrogen) atoms. The third-order valence-corrected chi connectivity index (χ3v) is 4.16. The van der Waals surface area contributed by atoms with Crippen molar-refractivity contribution in [2.45, 2.75) is 37.2 Å². The zero-order valence-corrected chi connectivity index (χ0v) is 10.6. The molecule has 0 bridgehead atoms. The van der Waals surface area contributed by atoms with Crippen LogP contribution in [0.15, 0.2) is 33.5 Å². The number of fused-ring (bicyclic) bond motifs is 1. The third-order valence-electron chi connectivity index (χ3n) is 4.16. The molecule has 1 saturated carbocycles. The molecule has 0 spiro atoms. The molecule has 2 aliphatic carbocycles. The van der Waals surface area contributed by atoms with E-state index in [-0.39, 0.29) is 5.92 Å². The Hall–Kier alpha value is -1.70. The maximum atomic E-state index is 11.9. The van der Waals surface area contributed by atoms with Gasteiger partial charge < -0.3 is 15.3 Å². The highest BCUT2D eigenvalue weighted by molar-refractivity contribution is 5.27. The van der Waals surface area contributed by atoms with E-state index < -0.39 is 35.6 Å². The summed E-state index contributed by atoms with van der Waals surface area (Å²) in [5, 5.41) is 30.0. The van der Waals surface area contributed by atoms with Crippen LogP contribution in [0.25, 0.3) is 0 Å². The summed E-state index contributed by atoms with van der Waals surface area (Å²) in [6.45, 7) is 0. The number of aromatic amines is 1. The van der Waals surface area contributed by atoms with Gasteiger partial charge in [0.25, 0.3) is 5.56 Å². The first-order chi connectivity index (χ1) is 9.49. The summed E-state index contributed by atoms with van der Waals surface area (Å²) in [4.78, 5) is 25.1. The molecule has 7 nitrogen and oxygen atoms in total. The normalized spacial score (nSPS) is 36.5. The molecular formula is C13H16N2O5. The van der Waals surface area contributed by atoms with Crippen molar-refractivity contribution in [2.24, 2.45) is 5.92 Å². The minimum Gasteiger partial charge on any atom is -0.393 e. The Balaban J connectivity index is 2.08. The molecule has 1 aromatic heterocycles. The molecule has 108 valence electrons. The first-order valence-electron chi connectivity index (χ1n) is 6.54. The molecule has 1 aromatic rings. The molecule has 7 heteroatoms. The summed E-state index contributed by atoms with van der Waals surface area (Å²) < 4.78 is 1.22. The van der Waals surface area contributed by atoms with Gasteiger partial charge in [-0.25, -0.2) is 4.79 Å². The second-order valence-corrected chi connectivity index (χ2v) is 5.38. The molecule has 1 fully saturated rings. The maximum absolute atomic E-state index is 11.9. The number of aromatic nitrogens is 2. The van der Waals surface area contributed by atoms with Crippen molar-refractivity contribution in [2.75, 3.05) is 0 Å². The predicted octanol–water partition coefficient (Wildman–Crippen LogP) is -1.49. The third kappa shape index (κ3) is 1.94. The summed E-state index contributed by atoms with van der Waals surface area (Å²) in [7, 11) is 0. The summed E-state index contributed by atoms with van der Waals surface area (Å²) in [6, 6.07) is 0.498. The fraction of sp³-hybridized carbons (Fsp3) is 0.538. The molecule has 0 saturated heterocycles. The van der Waals surface area contributed by atoms with Gasteiger partial charge >= 0.3 is 5.69 Å². The Kier molecular flexibility index (Phi) is 3.12. The molecule has 1 heterocycles. The lowest BCUT2D eigenvalue weighted by atomic mass is 9.86. The van der Waals surface area contributed by atoms with E-state index in [1.165, 1.54) is 16.8 Å². The molecule has 0 aromatic carbocycles. The summed E-state index contributed by atoms with van der Waals surface area (Å²) in [6.07, 6.45) is 1.16. The zero-order valence-electron chi connectivity index (χ0n) is 10.6. The summed E-state index contributed by atoms with van der Waals surface area (Å²) in [5.41, 5.74) is -0.394. The van der Waals surface area contributed by atoms with E-state index >= 15 is 0 Å². The van der Waals surface area contributed by atoms with Crippen molar-refractivity contribution in [1.82, 2.24) is 9.55 Å². The maximum Gasteiger partial charge on any atom is 0.328 e. The van der Waals surface area contributed by atoms with Crippen LogP contribution in [-0.4, -0.2) is 43.2 Å². The van der Waals surface area contributed by atoms with Crippen molar-refractivity contribution in [3.8, 4) is 0 Å². The largest absolute Gasteiger partial charge is 0.393 e. The van der Waals surface area contributed by atoms with Gasteiger partial charge in [-0.05, 0) is 18.4 Å². The van der Waals surface area contributed by atoms with Gasteiger partial charge in [-0.2, -0.15) is 0 Å². The van der Waals surface area contributed by atoms with Crippen LogP contribution in [0.4, 0.5) is 0 Å². The monoisotopic (exact) mass is 280 g/mol. The first-order valence-corrected chi connectivity index (χ1v) is 6.54. The Morgan fingerprint density at radius 3 is 2.65 bits per heavy atom. The van der Waals surface area contributed by atoms with Crippen molar-refractivity contribution < 1.29 is 15.3 Å². The average Bonchev–Trinajstić information content (AvgIpc) is 2.63. The van der Waals surface area contributed by atoms with Crippen LogP contribution in [0, 0.1) is 5.92 Å². The number of rotatable bonds is 1. The summed E-state index contributed by atoms with van der Waals surface area (Å²) in [5.74, 6) is -0.363. The van der Waals surface area contributed by atoms with Gasteiger partial charge in [0.1, 0.15) is 6.10 Å². The van der Waals surface area contributed by atoms with Crippen molar-refractivity contribution in [3.05, 3.63) is 44.8 Å². The molecule has 0 amide bonds. The fourth-order valence-electron chi connectivity index (χ4n) is 3.22. The molecule has 5 atom stereocenters. The van der Waals surface area contributed by atoms with Gasteiger partial charge in [-0.1, -0.05) is 6.08 Å². The van der Waals surface area contributed by atoms with Gasteiger partial charge in [0.2, 0.25) is 0 Å². The topological polar surface area (TPSA) is 116 Å². The van der Waals surface area contributed by atoms with E-state index in [1.807, 2.05) is 0 Å². The molecule has 2 aliphatic rings. The lowest BCUT2D eigenvalue weighted by Crippen LogP contribution is -2.37. The predicted molar refractivity (Wildman–Crippen MR) is 69.2 cm³/mol. The SMILES string of the molecule is O=c1ccn([C@@H]2C3=CC[C@@H](O)C[C@@H]3[C@@H](O)[C@H]2O)c(=O)[nH]1. The number of aliphatic hydroxyl groups is 3. The highest BCUT2D eigenvalue weighted by Gasteiger charge is 2.48. The second kappa shape index (κ2) is 4.69. The van der Waals surface area contributed by atoms with Crippen LogP contribution < -0.4 is 11.2 Å². The van der Waals surface area contributed by atoms with Gasteiger partial charge in [0, 0.05) is 18.2 Å². The molecular weight excluding hydrogens is 264 g/mol. The van der Waals surface area contributed by atoms with Crippen molar-refractivity contribution >= 4 is 0 Å². The van der Waals surface area contributed by atoms with Gasteiger partial charge in [0.05, 0.1) is 18.2 Å². The fourth-order valence-corrected chi connectivity index (χ4v) is 3.22. The molecule has 0 radical (unpaired) electrons. The minimum atomic E-state index is -1.14. The quantitative estimate of drug-likeness (QED) is 0.468. The highest BCUT2D eigenvalue weighted by Crippen LogP contribution is 2.44. The Labute approximate surface area is 113 Å². The van der Waals surface area contributed by atoms with Crippen LogP contribution in [0.1, 0.15) is 18.9 Å². The van der Waals surface area contributed by atoms with Crippen LogP contribution >= 0.6 is 0 Å². The van der Waals surface area contributed by atoms with E-state index in [4.69, 9.17) is 0 Å². The molecule has 4 N–H and O–H groups in total. The summed E-state index contributed by atoms with van der Waals surface area (Å²) >= 11 is 0. The average molecular weight is 280 g/mol. The number of nitrogens with one attached hydrogen (secondary N) is 1. The van der Waals surface area contributed by atoms with E-state index in [9.17, 15) is 24.9 Å². The Morgan fingerprint density at radius 2 is 1.95 bits per heavy atom. The van der Waals surface area contributed by atoms with Gasteiger partial charge in [-0.3, -0.25) is 14.3 Å². The molecule has 3 rings (SSSR count). The van der Waals surface area contributed by atoms with E-state index in [1.54, 1.807) is 6.08 Å². The number of H-pyrrole nitrogens is 1. The van der Waals surface area contributed by atoms with Crippen molar-refractivity contribution in [1.29, 1.82) is 0 Å². The first kappa shape index (κ1) is 13.3. The molecule has 0 unspecified atom stereocenters. The number of nitrogens with zero attached hydrogens (tertiary/aromatic N) is 1. The number of hydrogen-bond acceptors (Lipinski definition) is 5. The van der Waals surface area contributed by atoms with E-state index in [0.29, 0.717) is 12.8 Å². The zero-order chi connectivity index (χ0) is 14.4. The lowest BCUT2D eigenvalue weighted by molar-refractivity contribution is -0.00393. The Bertz CT molecular complexity index is 661. The van der Waals surface area contributed by atoms with Crippen LogP contribution in [-0.2, 0) is 0 Å². The van der Waals surface area contributed by atoms with E-state index in [0.717, 1.165) is 5.57 Å². The second-order valence-electron chi connectivity index (χ2n) is 5.38. The van der Waals surface area contributed by atoms with E-state index in [2.05, 4.69) is 4.98 Å². The number of hydrogen-bond donors (Lipinski definition) is 4. The minimum absolute atomic E-state index is 0.360. The smallest absolute Gasteiger partial charge is 0.328 e.